The van der Waals surface area contributed by atoms with E-state index in [9.17, 15) is 31.2 Å². The van der Waals surface area contributed by atoms with Gasteiger partial charge in [0.2, 0.25) is 20.0 Å². The minimum Gasteiger partial charge on any atom is -0.295 e. The summed E-state index contributed by atoms with van der Waals surface area (Å²) in [4.78, 5) is 37.8. The average molecular weight is 730 g/mol. The first-order chi connectivity index (χ1) is 22.4. The lowest BCUT2D eigenvalue weighted by molar-refractivity contribution is -0.137. The van der Waals surface area contributed by atoms with Crippen molar-refractivity contribution in [2.75, 3.05) is 0 Å². The number of Topliss-reactive ketones (excluding diaryl/α,β-unsaturated/α-hetero) is 3. The van der Waals surface area contributed by atoms with E-state index >= 15 is 0 Å². The van der Waals surface area contributed by atoms with Crippen LogP contribution in [0.15, 0.2) is 119 Å². The number of carbonyl (C=O) groups excluding carboxylic acids is 3. The Bertz CT molecular complexity index is 1880. The number of sulfonamides is 2. The first kappa shape index (κ1) is 37.1. The summed E-state index contributed by atoms with van der Waals surface area (Å²) in [6, 6.07) is 23.3. The fourth-order valence-corrected chi connectivity index (χ4v) is 8.40. The molecule has 0 bridgehead atoms. The summed E-state index contributed by atoms with van der Waals surface area (Å²) in [7, 11) is -8.55. The second kappa shape index (κ2) is 14.4. The van der Waals surface area contributed by atoms with Crippen LogP contribution in [0.25, 0.3) is 0 Å². The first-order valence-corrected chi connectivity index (χ1v) is 18.5. The maximum atomic E-state index is 14.9. The molecule has 0 saturated carbocycles. The highest BCUT2D eigenvalue weighted by Gasteiger charge is 2.60. The summed E-state index contributed by atoms with van der Waals surface area (Å²) in [6.07, 6.45) is 0. The Morgan fingerprint density at radius 1 is 0.542 bits per heavy atom. The highest BCUT2D eigenvalue weighted by molar-refractivity contribution is 7.89. The van der Waals surface area contributed by atoms with Gasteiger partial charge in [-0.2, -0.15) is 0 Å². The lowest BCUT2D eigenvalue weighted by Crippen LogP contribution is -2.58. The van der Waals surface area contributed by atoms with Crippen LogP contribution in [0.4, 0.5) is 0 Å². The predicted octanol–water partition coefficient (Wildman–Crippen LogP) is 5.31. The zero-order valence-electron chi connectivity index (χ0n) is 26.5. The summed E-state index contributed by atoms with van der Waals surface area (Å²) in [5, 5.41) is 0. The fourth-order valence-electron chi connectivity index (χ4n) is 5.08. The van der Waals surface area contributed by atoms with Crippen molar-refractivity contribution < 1.29 is 31.2 Å². The summed E-state index contributed by atoms with van der Waals surface area (Å²) in [6.45, 7) is 6.01. The van der Waals surface area contributed by atoms with Gasteiger partial charge in [0.1, 0.15) is 0 Å². The molecule has 4 aromatic rings. The molecular formula is C35H34Cl2N2O7S2. The molecule has 2 N–H and O–H groups in total. The molecular weight excluding hydrogens is 695 g/mol. The Hall–Kier alpha value is -3.71. The van der Waals surface area contributed by atoms with Gasteiger partial charge in [-0.05, 0) is 63.1 Å². The van der Waals surface area contributed by atoms with Crippen LogP contribution in [-0.2, 0) is 44.2 Å². The molecule has 0 aliphatic carbocycles. The van der Waals surface area contributed by atoms with Crippen LogP contribution in [0.1, 0.15) is 36.1 Å². The van der Waals surface area contributed by atoms with Crippen molar-refractivity contribution in [2.45, 2.75) is 59.3 Å². The van der Waals surface area contributed by atoms with Crippen LogP contribution in [0.2, 0.25) is 0 Å². The second-order valence-electron chi connectivity index (χ2n) is 11.4. The van der Waals surface area contributed by atoms with Crippen LogP contribution in [0.3, 0.4) is 0 Å². The number of benzene rings is 4. The first-order valence-electron chi connectivity index (χ1n) is 14.7. The molecule has 0 aliphatic rings. The number of hydrogen-bond donors (Lipinski definition) is 2. The van der Waals surface area contributed by atoms with Gasteiger partial charge in [-0.25, -0.2) is 26.3 Å². The molecule has 0 fully saturated rings. The van der Waals surface area contributed by atoms with Crippen molar-refractivity contribution in [2.24, 2.45) is 0 Å². The van der Waals surface area contributed by atoms with Crippen LogP contribution < -0.4 is 9.44 Å². The SMILES string of the molecule is Cc1ccc(S(=O)(=O)N[C@@H](C)C(=O)C(Cl)(C(=O)C(Cl)(C(=O)[C@H](C)NS(=O)(=O)c2ccc(C)cc2)c2ccccc2)c2ccccc2)cc1. The number of halogens is 2. The van der Waals surface area contributed by atoms with E-state index in [0.717, 1.165) is 11.1 Å². The molecule has 0 aliphatic heterocycles. The summed E-state index contributed by atoms with van der Waals surface area (Å²) >= 11 is 14.1. The van der Waals surface area contributed by atoms with E-state index in [1.54, 1.807) is 50.2 Å². The quantitative estimate of drug-likeness (QED) is 0.132. The van der Waals surface area contributed by atoms with Crippen molar-refractivity contribution in [3.63, 3.8) is 0 Å². The molecule has 13 heteroatoms. The Morgan fingerprint density at radius 2 is 0.833 bits per heavy atom. The van der Waals surface area contributed by atoms with E-state index in [-0.39, 0.29) is 20.9 Å². The molecule has 4 atom stereocenters. The minimum atomic E-state index is -4.27. The second-order valence-corrected chi connectivity index (χ2v) is 16.0. The standard InChI is InChI=1S/C35H34Cl2N2O7S2/c1-23-15-19-29(20-16-23)47(43,44)38-25(3)31(40)34(36,27-11-7-5-8-12-27)33(42)35(37,28-13-9-6-10-14-28)32(41)26(4)39-48(45,46)30-21-17-24(2)18-22-30/h5-22,25-26,38-39H,1-4H3/t25-,26-,34?,35?/m0/s1. The van der Waals surface area contributed by atoms with Gasteiger partial charge in [-0.3, -0.25) is 14.4 Å². The van der Waals surface area contributed by atoms with Crippen molar-refractivity contribution >= 4 is 60.6 Å². The van der Waals surface area contributed by atoms with Gasteiger partial charge in [-0.15, -0.1) is 0 Å². The van der Waals surface area contributed by atoms with E-state index in [4.69, 9.17) is 23.2 Å². The zero-order chi connectivity index (χ0) is 35.5. The van der Waals surface area contributed by atoms with Crippen LogP contribution in [0, 0.1) is 13.8 Å². The molecule has 9 nitrogen and oxygen atoms in total. The Balaban J connectivity index is 1.80. The molecule has 0 spiro atoms. The van der Waals surface area contributed by atoms with Gasteiger partial charge in [0.05, 0.1) is 21.9 Å². The van der Waals surface area contributed by atoms with Gasteiger partial charge in [0, 0.05) is 0 Å². The van der Waals surface area contributed by atoms with E-state index in [1.807, 2.05) is 0 Å². The van der Waals surface area contributed by atoms with Crippen molar-refractivity contribution in [3.05, 3.63) is 131 Å². The van der Waals surface area contributed by atoms with Crippen molar-refractivity contribution in [1.82, 2.24) is 9.44 Å². The largest absolute Gasteiger partial charge is 0.295 e. The summed E-state index contributed by atoms with van der Waals surface area (Å²) in [5.74, 6) is -3.54. The summed E-state index contributed by atoms with van der Waals surface area (Å²) in [5.41, 5.74) is 1.47. The molecule has 0 aromatic heterocycles. The highest BCUT2D eigenvalue weighted by Crippen LogP contribution is 2.44. The minimum absolute atomic E-state index is 0.0790. The maximum Gasteiger partial charge on any atom is 0.241 e. The number of ketones is 3. The topological polar surface area (TPSA) is 144 Å². The molecule has 2 unspecified atom stereocenters. The molecule has 0 saturated heterocycles. The molecule has 0 amide bonds. The number of hydrogen-bond acceptors (Lipinski definition) is 7. The summed E-state index contributed by atoms with van der Waals surface area (Å²) < 4.78 is 57.5. The number of nitrogens with one attached hydrogen (secondary N) is 2. The van der Waals surface area contributed by atoms with Crippen LogP contribution in [-0.4, -0.2) is 46.3 Å². The van der Waals surface area contributed by atoms with E-state index in [0.29, 0.717) is 0 Å². The third-order valence-electron chi connectivity index (χ3n) is 7.76. The normalized spacial score (nSPS) is 15.8. The Labute approximate surface area is 290 Å². The van der Waals surface area contributed by atoms with Gasteiger partial charge < -0.3 is 0 Å². The van der Waals surface area contributed by atoms with Crippen LogP contribution >= 0.6 is 23.2 Å². The molecule has 4 rings (SSSR count). The third-order valence-corrected chi connectivity index (χ3v) is 12.0. The van der Waals surface area contributed by atoms with Crippen LogP contribution in [0.5, 0.6) is 0 Å². The lowest BCUT2D eigenvalue weighted by Gasteiger charge is -2.36. The predicted molar refractivity (Wildman–Crippen MR) is 185 cm³/mol. The Morgan fingerprint density at radius 3 is 1.12 bits per heavy atom. The number of aryl methyl sites for hydroxylation is 2. The molecule has 4 aromatic carbocycles. The molecule has 252 valence electrons. The molecule has 0 heterocycles. The zero-order valence-corrected chi connectivity index (χ0v) is 29.6. The average Bonchev–Trinajstić information content (AvgIpc) is 3.07. The van der Waals surface area contributed by atoms with E-state index in [1.165, 1.54) is 86.6 Å². The van der Waals surface area contributed by atoms with Gasteiger partial charge in [0.15, 0.2) is 27.1 Å². The van der Waals surface area contributed by atoms with Crippen molar-refractivity contribution in [3.8, 4) is 0 Å². The van der Waals surface area contributed by atoms with Crippen molar-refractivity contribution in [1.29, 1.82) is 0 Å². The number of carbonyl (C=O) groups is 3. The fraction of sp³-hybridized carbons (Fsp3) is 0.229. The van der Waals surface area contributed by atoms with Gasteiger partial charge >= 0.3 is 0 Å². The van der Waals surface area contributed by atoms with Gasteiger partial charge in [0.25, 0.3) is 0 Å². The lowest BCUT2D eigenvalue weighted by atomic mass is 9.76. The highest BCUT2D eigenvalue weighted by atomic mass is 35.5. The van der Waals surface area contributed by atoms with E-state index in [2.05, 4.69) is 9.44 Å². The maximum absolute atomic E-state index is 14.9. The number of alkyl halides is 2. The smallest absolute Gasteiger partial charge is 0.241 e. The third kappa shape index (κ3) is 7.46. The monoisotopic (exact) mass is 728 g/mol. The Kier molecular flexibility index (Phi) is 11.1. The number of rotatable bonds is 14. The van der Waals surface area contributed by atoms with E-state index < -0.39 is 59.2 Å². The molecule has 0 radical (unpaired) electrons. The van der Waals surface area contributed by atoms with Gasteiger partial charge in [-0.1, -0.05) is 119 Å². The molecule has 48 heavy (non-hydrogen) atoms.